The molecular formula is C18H29ClN2O. The average Bonchev–Trinajstić information content (AvgIpc) is 2.44. The molecule has 0 spiro atoms. The van der Waals surface area contributed by atoms with E-state index in [1.807, 2.05) is 0 Å². The Morgan fingerprint density at radius 3 is 2.18 bits per heavy atom. The van der Waals surface area contributed by atoms with Crippen molar-refractivity contribution in [1.29, 1.82) is 0 Å². The summed E-state index contributed by atoms with van der Waals surface area (Å²) in [6, 6.07) is 0.639. The molecular weight excluding hydrogens is 296 g/mol. The highest BCUT2D eigenvalue weighted by atomic mass is 35.5. The minimum absolute atomic E-state index is 0.0539. The maximum absolute atomic E-state index is 13.3. The molecule has 3 nitrogen and oxygen atoms in total. The van der Waals surface area contributed by atoms with E-state index in [1.165, 1.54) is 6.42 Å². The van der Waals surface area contributed by atoms with Gasteiger partial charge in [0.05, 0.1) is 5.41 Å². The van der Waals surface area contributed by atoms with Crippen molar-refractivity contribution < 1.29 is 4.79 Å². The number of hydrogen-bond acceptors (Lipinski definition) is 2. The van der Waals surface area contributed by atoms with Crippen LogP contribution in [0.2, 0.25) is 0 Å². The predicted molar refractivity (Wildman–Crippen MR) is 89.0 cm³/mol. The lowest BCUT2D eigenvalue weighted by atomic mass is 9.49. The second-order valence-corrected chi connectivity index (χ2v) is 9.68. The van der Waals surface area contributed by atoms with Crippen LogP contribution in [0.15, 0.2) is 0 Å². The first kappa shape index (κ1) is 15.3. The van der Waals surface area contributed by atoms with Crippen LogP contribution in [-0.2, 0) is 4.79 Å². The van der Waals surface area contributed by atoms with Gasteiger partial charge in [-0.15, -0.1) is 11.6 Å². The first-order valence-corrected chi connectivity index (χ1v) is 9.42. The van der Waals surface area contributed by atoms with Crippen molar-refractivity contribution in [1.82, 2.24) is 9.80 Å². The molecule has 5 rings (SSSR count). The summed E-state index contributed by atoms with van der Waals surface area (Å²) in [5.74, 6) is 1.87. The Morgan fingerprint density at radius 2 is 1.68 bits per heavy atom. The third-order valence-electron chi connectivity index (χ3n) is 6.93. The lowest BCUT2D eigenvalue weighted by molar-refractivity contribution is -0.157. The molecule has 4 aliphatic carbocycles. The number of amides is 1. The van der Waals surface area contributed by atoms with Gasteiger partial charge in [0.2, 0.25) is 5.91 Å². The van der Waals surface area contributed by atoms with Crippen LogP contribution in [0.3, 0.4) is 0 Å². The van der Waals surface area contributed by atoms with Crippen LogP contribution in [0.1, 0.15) is 51.4 Å². The standard InChI is InChI=1S/C18H29ClN2O/c1-20(2)15-3-5-21(6-4-15)16(22)17-8-13-7-14(9-17)11-18(19,10-13)12-17/h13-15H,3-12H2,1-2H3/t13-,14-,17?,18?/m1/s1. The Balaban J connectivity index is 1.49. The molecule has 1 amide bonds. The monoisotopic (exact) mass is 324 g/mol. The molecule has 0 N–H and O–H groups in total. The van der Waals surface area contributed by atoms with E-state index >= 15 is 0 Å². The molecule has 0 radical (unpaired) electrons. The highest BCUT2D eigenvalue weighted by molar-refractivity contribution is 6.24. The van der Waals surface area contributed by atoms with Crippen LogP contribution in [0.5, 0.6) is 0 Å². The van der Waals surface area contributed by atoms with Gasteiger partial charge < -0.3 is 9.80 Å². The molecule has 0 unspecified atom stereocenters. The van der Waals surface area contributed by atoms with E-state index in [0.29, 0.717) is 23.8 Å². The van der Waals surface area contributed by atoms with Gasteiger partial charge in [0.15, 0.2) is 0 Å². The summed E-state index contributed by atoms with van der Waals surface area (Å²) >= 11 is 6.89. The van der Waals surface area contributed by atoms with E-state index in [-0.39, 0.29) is 10.3 Å². The van der Waals surface area contributed by atoms with Crippen molar-refractivity contribution in [3.05, 3.63) is 0 Å². The second-order valence-electron chi connectivity index (χ2n) is 8.88. The zero-order valence-corrected chi connectivity index (χ0v) is 14.7. The average molecular weight is 325 g/mol. The molecule has 22 heavy (non-hydrogen) atoms. The highest BCUT2D eigenvalue weighted by Crippen LogP contribution is 2.64. The van der Waals surface area contributed by atoms with Crippen molar-refractivity contribution in [3.8, 4) is 0 Å². The van der Waals surface area contributed by atoms with Crippen molar-refractivity contribution in [3.63, 3.8) is 0 Å². The molecule has 1 heterocycles. The van der Waals surface area contributed by atoms with Crippen molar-refractivity contribution >= 4 is 17.5 Å². The van der Waals surface area contributed by atoms with Crippen LogP contribution in [0, 0.1) is 17.3 Å². The molecule has 1 saturated heterocycles. The van der Waals surface area contributed by atoms with Gasteiger partial charge in [-0.2, -0.15) is 0 Å². The minimum Gasteiger partial charge on any atom is -0.342 e. The molecule has 1 aliphatic heterocycles. The number of likely N-dealkylation sites (tertiary alicyclic amines) is 1. The van der Waals surface area contributed by atoms with Gasteiger partial charge in [-0.3, -0.25) is 4.79 Å². The van der Waals surface area contributed by atoms with Gasteiger partial charge in [0.25, 0.3) is 0 Å². The SMILES string of the molecule is CN(C)C1CCN(C(=O)C23C[C@H]4C[C@@H](CC(Cl)(C4)C2)C3)CC1. The molecule has 5 aliphatic rings. The molecule has 4 bridgehead atoms. The van der Waals surface area contributed by atoms with Crippen LogP contribution in [-0.4, -0.2) is 53.8 Å². The molecule has 0 aromatic heterocycles. The van der Waals surface area contributed by atoms with Crippen LogP contribution in [0.4, 0.5) is 0 Å². The Bertz CT molecular complexity index is 456. The number of piperidine rings is 1. The second kappa shape index (κ2) is 5.11. The zero-order valence-electron chi connectivity index (χ0n) is 14.0. The highest BCUT2D eigenvalue weighted by Gasteiger charge is 2.60. The Hall–Kier alpha value is -0.280. The summed E-state index contributed by atoms with van der Waals surface area (Å²) in [6.45, 7) is 1.88. The summed E-state index contributed by atoms with van der Waals surface area (Å²) in [6.07, 6.45) is 9.05. The number of hydrogen-bond donors (Lipinski definition) is 0. The fraction of sp³-hybridized carbons (Fsp3) is 0.944. The van der Waals surface area contributed by atoms with Gasteiger partial charge in [-0.05, 0) is 77.3 Å². The van der Waals surface area contributed by atoms with Gasteiger partial charge >= 0.3 is 0 Å². The quantitative estimate of drug-likeness (QED) is 0.729. The molecule has 4 saturated carbocycles. The summed E-state index contributed by atoms with van der Waals surface area (Å²) in [5, 5.41) is 0. The number of carbonyl (C=O) groups excluding carboxylic acids is 1. The van der Waals surface area contributed by atoms with Crippen LogP contribution < -0.4 is 0 Å². The van der Waals surface area contributed by atoms with Crippen molar-refractivity contribution in [2.24, 2.45) is 17.3 Å². The number of halogens is 1. The van der Waals surface area contributed by atoms with E-state index in [2.05, 4.69) is 23.9 Å². The lowest BCUT2D eigenvalue weighted by Gasteiger charge is -2.60. The Kier molecular flexibility index (Phi) is 3.54. The summed E-state index contributed by atoms with van der Waals surface area (Å²) in [4.78, 5) is 17.8. The van der Waals surface area contributed by atoms with Gasteiger partial charge in [0.1, 0.15) is 0 Å². The van der Waals surface area contributed by atoms with E-state index in [4.69, 9.17) is 11.6 Å². The van der Waals surface area contributed by atoms with Gasteiger partial charge in [-0.1, -0.05) is 0 Å². The smallest absolute Gasteiger partial charge is 0.228 e. The fourth-order valence-corrected chi connectivity index (χ4v) is 7.01. The Labute approximate surface area is 139 Å². The number of alkyl halides is 1. The molecule has 124 valence electrons. The molecule has 2 atom stereocenters. The van der Waals surface area contributed by atoms with Crippen LogP contribution in [0.25, 0.3) is 0 Å². The number of nitrogens with zero attached hydrogens (tertiary/aromatic N) is 2. The van der Waals surface area contributed by atoms with Crippen LogP contribution >= 0.6 is 11.6 Å². The van der Waals surface area contributed by atoms with E-state index in [0.717, 1.165) is 58.0 Å². The van der Waals surface area contributed by atoms with E-state index < -0.39 is 0 Å². The molecule has 0 aromatic carbocycles. The van der Waals surface area contributed by atoms with Crippen molar-refractivity contribution in [2.75, 3.05) is 27.2 Å². The summed E-state index contributed by atoms with van der Waals surface area (Å²) < 4.78 is 0. The minimum atomic E-state index is -0.100. The topological polar surface area (TPSA) is 23.6 Å². The molecule has 5 fully saturated rings. The van der Waals surface area contributed by atoms with Crippen molar-refractivity contribution in [2.45, 2.75) is 62.3 Å². The summed E-state index contributed by atoms with van der Waals surface area (Å²) in [7, 11) is 4.30. The first-order valence-electron chi connectivity index (χ1n) is 9.04. The van der Waals surface area contributed by atoms with E-state index in [1.54, 1.807) is 0 Å². The third kappa shape index (κ3) is 2.39. The fourth-order valence-electron chi connectivity index (χ4n) is 6.32. The predicted octanol–water partition coefficient (Wildman–Crippen LogP) is 3.12. The number of carbonyl (C=O) groups is 1. The largest absolute Gasteiger partial charge is 0.342 e. The first-order chi connectivity index (χ1) is 10.4. The lowest BCUT2D eigenvalue weighted by Crippen LogP contribution is -2.60. The third-order valence-corrected chi connectivity index (χ3v) is 7.37. The zero-order chi connectivity index (χ0) is 15.5. The maximum Gasteiger partial charge on any atom is 0.228 e. The maximum atomic E-state index is 13.3. The van der Waals surface area contributed by atoms with Gasteiger partial charge in [0, 0.05) is 24.0 Å². The molecule has 4 heteroatoms. The number of rotatable bonds is 2. The molecule has 0 aromatic rings. The normalized spacial score (nSPS) is 44.8. The summed E-state index contributed by atoms with van der Waals surface area (Å²) in [5.41, 5.74) is -0.100. The van der Waals surface area contributed by atoms with Gasteiger partial charge in [-0.25, -0.2) is 0 Å². The Morgan fingerprint density at radius 1 is 1.09 bits per heavy atom. The van der Waals surface area contributed by atoms with E-state index in [9.17, 15) is 4.79 Å².